The Labute approximate surface area is 86.2 Å². The molecule has 2 aromatic rings. The molecule has 3 nitrogen and oxygen atoms in total. The second-order valence-corrected chi connectivity index (χ2v) is 3.33. The van der Waals surface area contributed by atoms with Crippen LogP contribution in [0.15, 0.2) is 34.2 Å². The van der Waals surface area contributed by atoms with Crippen molar-refractivity contribution in [1.82, 2.24) is 4.98 Å². The molecule has 2 rings (SSSR count). The summed E-state index contributed by atoms with van der Waals surface area (Å²) in [6, 6.07) is 9.76. The average molecular weight is 208 g/mol. The molecule has 0 amide bonds. The van der Waals surface area contributed by atoms with Crippen LogP contribution in [0, 0.1) is 0 Å². The van der Waals surface area contributed by atoms with Crippen LogP contribution in [0.1, 0.15) is 6.92 Å². The average Bonchev–Trinajstić information content (AvgIpc) is 2.68. The van der Waals surface area contributed by atoms with Gasteiger partial charge in [0.25, 0.3) is 0 Å². The number of rotatable bonds is 3. The molecular formula is C10H10NO2S+. The Bertz CT molecular complexity index is 400. The fourth-order valence-corrected chi connectivity index (χ4v) is 1.64. The molecule has 0 saturated heterocycles. The van der Waals surface area contributed by atoms with Gasteiger partial charge in [-0.1, -0.05) is 18.2 Å². The number of ether oxygens (including phenoxy) is 1. The molecule has 1 aromatic carbocycles. The number of hydrogen-bond acceptors (Lipinski definition) is 3. The summed E-state index contributed by atoms with van der Waals surface area (Å²) in [6.45, 7) is 2.53. The first kappa shape index (κ1) is 9.15. The summed E-state index contributed by atoms with van der Waals surface area (Å²) >= 11 is 1.16. The van der Waals surface area contributed by atoms with Crippen molar-refractivity contribution in [2.24, 2.45) is 0 Å². The normalized spacial score (nSPS) is 10.1. The first-order valence-corrected chi connectivity index (χ1v) is 5.12. The molecule has 0 N–H and O–H groups in total. The van der Waals surface area contributed by atoms with Crippen molar-refractivity contribution in [1.29, 1.82) is 0 Å². The molecule has 1 aromatic heterocycles. The van der Waals surface area contributed by atoms with Gasteiger partial charge in [0, 0.05) is 0 Å². The van der Waals surface area contributed by atoms with Gasteiger partial charge in [-0.3, -0.25) is 0 Å². The number of benzene rings is 1. The zero-order valence-electron chi connectivity index (χ0n) is 7.77. The Balaban J connectivity index is 2.25. The summed E-state index contributed by atoms with van der Waals surface area (Å²) in [7, 11) is 0. The molecule has 0 bridgehead atoms. The molecular weight excluding hydrogens is 198 g/mol. The SMILES string of the molecule is CCOc1nc(-c2ccccc2)[o+]s1. The molecule has 0 unspecified atom stereocenters. The van der Waals surface area contributed by atoms with Gasteiger partial charge < -0.3 is 4.74 Å². The molecule has 0 spiro atoms. The third-order valence-electron chi connectivity index (χ3n) is 1.67. The van der Waals surface area contributed by atoms with Gasteiger partial charge in [0.2, 0.25) is 0 Å². The summed E-state index contributed by atoms with van der Waals surface area (Å²) in [4.78, 5) is 4.20. The lowest BCUT2D eigenvalue weighted by atomic mass is 10.2. The van der Waals surface area contributed by atoms with E-state index in [0.717, 1.165) is 17.2 Å². The van der Waals surface area contributed by atoms with Gasteiger partial charge in [0.15, 0.2) is 0 Å². The highest BCUT2D eigenvalue weighted by Crippen LogP contribution is 2.25. The van der Waals surface area contributed by atoms with Crippen molar-refractivity contribution in [2.75, 3.05) is 6.61 Å². The predicted molar refractivity (Wildman–Crippen MR) is 55.4 cm³/mol. The standard InChI is InChI=1S/C10H10NO2S/c1-2-12-10-11-9(13-14-10)8-6-4-3-5-7-8/h3-7H,2H2,1H3/q+1. The maximum absolute atomic E-state index is 5.31. The first-order valence-electron chi connectivity index (χ1n) is 4.38. The van der Waals surface area contributed by atoms with Crippen molar-refractivity contribution in [2.45, 2.75) is 6.92 Å². The highest BCUT2D eigenvalue weighted by molar-refractivity contribution is 7.04. The molecule has 0 aliphatic carbocycles. The van der Waals surface area contributed by atoms with Gasteiger partial charge in [-0.2, -0.15) is 0 Å². The van der Waals surface area contributed by atoms with E-state index in [1.54, 1.807) is 0 Å². The quantitative estimate of drug-likeness (QED) is 0.727. The van der Waals surface area contributed by atoms with Crippen LogP contribution in [0.2, 0.25) is 0 Å². The van der Waals surface area contributed by atoms with Crippen molar-refractivity contribution >= 4 is 11.6 Å². The molecule has 72 valence electrons. The van der Waals surface area contributed by atoms with Gasteiger partial charge in [-0.25, -0.2) is 0 Å². The number of hydrogen-bond donors (Lipinski definition) is 0. The third kappa shape index (κ3) is 1.90. The van der Waals surface area contributed by atoms with E-state index in [2.05, 4.69) is 4.98 Å². The van der Waals surface area contributed by atoms with Crippen LogP contribution in [0.25, 0.3) is 11.5 Å². The van der Waals surface area contributed by atoms with Gasteiger partial charge in [-0.15, -0.1) is 8.83 Å². The van der Waals surface area contributed by atoms with Gasteiger partial charge in [0.1, 0.15) is 5.56 Å². The molecule has 1 heterocycles. The lowest BCUT2D eigenvalue weighted by Crippen LogP contribution is -1.89. The zero-order chi connectivity index (χ0) is 9.80. The van der Waals surface area contributed by atoms with Crippen LogP contribution >= 0.6 is 11.6 Å². The second-order valence-electron chi connectivity index (χ2n) is 2.65. The second kappa shape index (κ2) is 4.19. The topological polar surface area (TPSA) is 33.4 Å². The van der Waals surface area contributed by atoms with Crippen molar-refractivity contribution < 1.29 is 8.59 Å². The fourth-order valence-electron chi connectivity index (χ4n) is 1.07. The minimum absolute atomic E-state index is 0.575. The van der Waals surface area contributed by atoms with Gasteiger partial charge in [-0.05, 0) is 19.1 Å². The fraction of sp³-hybridized carbons (Fsp3) is 0.200. The smallest absolute Gasteiger partial charge is 0.464 e. The molecule has 0 aliphatic heterocycles. The van der Waals surface area contributed by atoms with Gasteiger partial charge >= 0.3 is 22.7 Å². The summed E-state index contributed by atoms with van der Waals surface area (Å²) in [6.07, 6.45) is 0. The lowest BCUT2D eigenvalue weighted by molar-refractivity contribution is 0.338. The zero-order valence-corrected chi connectivity index (χ0v) is 8.58. The van der Waals surface area contributed by atoms with E-state index in [-0.39, 0.29) is 0 Å². The maximum Gasteiger partial charge on any atom is 0.486 e. The highest BCUT2D eigenvalue weighted by atomic mass is 32.1. The number of nitrogens with zero attached hydrogens (tertiary/aromatic N) is 1. The summed E-state index contributed by atoms with van der Waals surface area (Å²) < 4.78 is 10.5. The minimum Gasteiger partial charge on any atom is -0.464 e. The Hall–Kier alpha value is -1.42. The first-order chi connectivity index (χ1) is 6.90. The molecule has 14 heavy (non-hydrogen) atoms. The molecule has 0 radical (unpaired) electrons. The Morgan fingerprint density at radius 2 is 2.14 bits per heavy atom. The minimum atomic E-state index is 0.575. The van der Waals surface area contributed by atoms with Crippen LogP contribution in [-0.4, -0.2) is 11.6 Å². The van der Waals surface area contributed by atoms with Crippen LogP contribution < -0.4 is 4.74 Å². The molecule has 0 saturated carbocycles. The Morgan fingerprint density at radius 3 is 2.86 bits per heavy atom. The summed E-state index contributed by atoms with van der Waals surface area (Å²) in [5.74, 6) is 0.610. The molecule has 0 fully saturated rings. The van der Waals surface area contributed by atoms with E-state index < -0.39 is 0 Å². The van der Waals surface area contributed by atoms with Crippen LogP contribution in [0.5, 0.6) is 5.19 Å². The lowest BCUT2D eigenvalue weighted by Gasteiger charge is -1.87. The van der Waals surface area contributed by atoms with Crippen molar-refractivity contribution in [3.63, 3.8) is 0 Å². The Morgan fingerprint density at radius 1 is 1.36 bits per heavy atom. The number of aromatic nitrogens is 1. The van der Waals surface area contributed by atoms with Gasteiger partial charge in [0.05, 0.1) is 6.61 Å². The van der Waals surface area contributed by atoms with Crippen molar-refractivity contribution in [3.05, 3.63) is 30.3 Å². The molecule has 0 aliphatic rings. The predicted octanol–water partition coefficient (Wildman–Crippen LogP) is 3.08. The van der Waals surface area contributed by atoms with Crippen LogP contribution in [0.4, 0.5) is 0 Å². The van der Waals surface area contributed by atoms with Crippen LogP contribution in [0.3, 0.4) is 0 Å². The van der Waals surface area contributed by atoms with Crippen LogP contribution in [-0.2, 0) is 0 Å². The summed E-state index contributed by atoms with van der Waals surface area (Å²) in [5, 5.41) is 0.575. The van der Waals surface area contributed by atoms with E-state index in [4.69, 9.17) is 8.59 Å². The third-order valence-corrected chi connectivity index (χ3v) is 2.27. The molecule has 4 heteroatoms. The van der Waals surface area contributed by atoms with E-state index in [9.17, 15) is 0 Å². The monoisotopic (exact) mass is 208 g/mol. The van der Waals surface area contributed by atoms with Crippen molar-refractivity contribution in [3.8, 4) is 16.6 Å². The van der Waals surface area contributed by atoms with E-state index in [1.165, 1.54) is 0 Å². The highest BCUT2D eigenvalue weighted by Gasteiger charge is 2.20. The van der Waals surface area contributed by atoms with E-state index in [0.29, 0.717) is 17.7 Å². The van der Waals surface area contributed by atoms with E-state index in [1.807, 2.05) is 37.3 Å². The largest absolute Gasteiger partial charge is 0.486 e. The Kier molecular flexibility index (Phi) is 2.74. The molecule has 0 atom stereocenters. The van der Waals surface area contributed by atoms with E-state index >= 15 is 0 Å². The maximum atomic E-state index is 5.31. The summed E-state index contributed by atoms with van der Waals surface area (Å²) in [5.41, 5.74) is 0.967.